The summed E-state index contributed by atoms with van der Waals surface area (Å²) in [7, 11) is -4.40. The summed E-state index contributed by atoms with van der Waals surface area (Å²) in [5.74, 6) is 0.573. The first-order valence-electron chi connectivity index (χ1n) is 5.31. The molecule has 1 aliphatic rings. The molecule has 0 aromatic heterocycles. The average Bonchev–Trinajstić information content (AvgIpc) is 2.00. The van der Waals surface area contributed by atoms with Gasteiger partial charge in [-0.3, -0.25) is 0 Å². The predicted octanol–water partition coefficient (Wildman–Crippen LogP) is -1.89. The van der Waals surface area contributed by atoms with Crippen LogP contribution in [0.1, 0.15) is 40.0 Å². The van der Waals surface area contributed by atoms with E-state index in [1.807, 2.05) is 13.8 Å². The molecule has 0 aliphatic heterocycles. The minimum absolute atomic E-state index is 0. The molecular formula is C10H19NaO4S. The fraction of sp³-hybridized carbons (Fsp3) is 1.00. The van der Waals surface area contributed by atoms with Gasteiger partial charge in [0.2, 0.25) is 0 Å². The Bertz CT molecular complexity index is 324. The molecule has 0 heterocycles. The first kappa shape index (κ1) is 16.9. The second-order valence-corrected chi connectivity index (χ2v) is 6.67. The van der Waals surface area contributed by atoms with Crippen LogP contribution in [-0.4, -0.2) is 28.9 Å². The Labute approximate surface area is 120 Å². The van der Waals surface area contributed by atoms with Crippen LogP contribution in [0.3, 0.4) is 0 Å². The summed E-state index contributed by atoms with van der Waals surface area (Å²) in [4.78, 5) is 0. The number of hydrogen-bond donors (Lipinski definition) is 1. The van der Waals surface area contributed by atoms with Crippen LogP contribution >= 0.6 is 0 Å². The third kappa shape index (κ3) is 3.96. The fourth-order valence-corrected chi connectivity index (χ4v) is 3.54. The van der Waals surface area contributed by atoms with Gasteiger partial charge in [-0.1, -0.05) is 13.8 Å². The molecule has 1 unspecified atom stereocenters. The third-order valence-corrected chi connectivity index (χ3v) is 4.92. The number of rotatable bonds is 2. The van der Waals surface area contributed by atoms with Gasteiger partial charge in [0, 0.05) is 0 Å². The molecular weight excluding hydrogens is 239 g/mol. The molecule has 1 N–H and O–H groups in total. The second kappa shape index (κ2) is 5.67. The van der Waals surface area contributed by atoms with E-state index in [0.29, 0.717) is 12.3 Å². The smallest absolute Gasteiger partial charge is 0.748 e. The van der Waals surface area contributed by atoms with Gasteiger partial charge in [0.15, 0.2) is 0 Å². The van der Waals surface area contributed by atoms with Crippen LogP contribution in [0.2, 0.25) is 0 Å². The van der Waals surface area contributed by atoms with E-state index in [0.717, 1.165) is 6.42 Å². The largest absolute Gasteiger partial charge is 1.00 e. The van der Waals surface area contributed by atoms with E-state index >= 15 is 0 Å². The van der Waals surface area contributed by atoms with Crippen molar-refractivity contribution in [2.24, 2.45) is 11.8 Å². The molecule has 0 bridgehead atoms. The zero-order valence-corrected chi connectivity index (χ0v) is 13.3. The molecule has 0 radical (unpaired) electrons. The van der Waals surface area contributed by atoms with Crippen LogP contribution in [-0.2, 0) is 10.1 Å². The Hall–Kier alpha value is 0.870. The molecule has 6 heteroatoms. The minimum Gasteiger partial charge on any atom is -0.748 e. The normalized spacial score (nSPS) is 35.9. The van der Waals surface area contributed by atoms with Gasteiger partial charge in [0.1, 0.15) is 10.1 Å². The molecule has 0 amide bonds. The molecule has 16 heavy (non-hydrogen) atoms. The number of aliphatic hydroxyl groups is 1. The summed E-state index contributed by atoms with van der Waals surface area (Å²) < 4.78 is 33.2. The van der Waals surface area contributed by atoms with Crippen molar-refractivity contribution in [2.75, 3.05) is 0 Å². The van der Waals surface area contributed by atoms with E-state index in [4.69, 9.17) is 0 Å². The molecule has 1 saturated carbocycles. The van der Waals surface area contributed by atoms with Gasteiger partial charge in [-0.2, -0.15) is 0 Å². The van der Waals surface area contributed by atoms with E-state index in [9.17, 15) is 18.1 Å². The maximum atomic E-state index is 11.1. The standard InChI is InChI=1S/C10H20O4S.Na/c1-7(2)8-4-5-10(3,11)9(6-8)15(12,13)14;/h7-9,11H,4-6H2,1-3H3,(H,12,13,14);/q;+1/p-1/t8-,9+,10?;/m1./s1. The quantitative estimate of drug-likeness (QED) is 0.464. The average molecular weight is 258 g/mol. The van der Waals surface area contributed by atoms with Gasteiger partial charge >= 0.3 is 29.6 Å². The van der Waals surface area contributed by atoms with Crippen molar-refractivity contribution in [3.63, 3.8) is 0 Å². The zero-order chi connectivity index (χ0) is 11.9. The minimum atomic E-state index is -4.40. The van der Waals surface area contributed by atoms with Gasteiger partial charge < -0.3 is 9.66 Å². The van der Waals surface area contributed by atoms with Crippen LogP contribution in [0.25, 0.3) is 0 Å². The van der Waals surface area contributed by atoms with E-state index in [-0.39, 0.29) is 41.9 Å². The van der Waals surface area contributed by atoms with E-state index in [2.05, 4.69) is 0 Å². The van der Waals surface area contributed by atoms with Crippen molar-refractivity contribution >= 4 is 10.1 Å². The zero-order valence-electron chi connectivity index (χ0n) is 10.4. The summed E-state index contributed by atoms with van der Waals surface area (Å²) in [6.45, 7) is 5.47. The van der Waals surface area contributed by atoms with Crippen LogP contribution < -0.4 is 29.6 Å². The third-order valence-electron chi connectivity index (χ3n) is 3.52. The molecule has 1 rings (SSSR count). The first-order chi connectivity index (χ1) is 6.64. The van der Waals surface area contributed by atoms with Crippen molar-refractivity contribution in [3.05, 3.63) is 0 Å². The van der Waals surface area contributed by atoms with Crippen LogP contribution in [0.15, 0.2) is 0 Å². The van der Waals surface area contributed by atoms with Gasteiger partial charge in [-0.15, -0.1) is 0 Å². The Morgan fingerprint density at radius 1 is 1.44 bits per heavy atom. The monoisotopic (exact) mass is 258 g/mol. The van der Waals surface area contributed by atoms with Crippen LogP contribution in [0.5, 0.6) is 0 Å². The Morgan fingerprint density at radius 3 is 2.31 bits per heavy atom. The maximum absolute atomic E-state index is 11.1. The van der Waals surface area contributed by atoms with Gasteiger partial charge in [0.05, 0.1) is 10.9 Å². The summed E-state index contributed by atoms with van der Waals surface area (Å²) in [5.41, 5.74) is -1.36. The Morgan fingerprint density at radius 2 is 1.94 bits per heavy atom. The van der Waals surface area contributed by atoms with Gasteiger partial charge in [-0.25, -0.2) is 8.42 Å². The maximum Gasteiger partial charge on any atom is 1.00 e. The molecule has 0 aromatic carbocycles. The topological polar surface area (TPSA) is 77.4 Å². The summed E-state index contributed by atoms with van der Waals surface area (Å²) >= 11 is 0. The SMILES string of the molecule is CC(C)[C@@H]1CCC(C)(O)[C@@H](S(=O)(=O)[O-])C1.[Na+]. The molecule has 4 nitrogen and oxygen atoms in total. The molecule has 0 spiro atoms. The van der Waals surface area contributed by atoms with Gasteiger partial charge in [-0.05, 0) is 38.0 Å². The van der Waals surface area contributed by atoms with E-state index in [1.54, 1.807) is 0 Å². The van der Waals surface area contributed by atoms with Crippen LogP contribution in [0, 0.1) is 11.8 Å². The molecule has 0 saturated heterocycles. The summed E-state index contributed by atoms with van der Waals surface area (Å²) in [6.07, 6.45) is 1.47. The van der Waals surface area contributed by atoms with E-state index < -0.39 is 21.0 Å². The van der Waals surface area contributed by atoms with Crippen molar-refractivity contribution in [1.82, 2.24) is 0 Å². The summed E-state index contributed by atoms with van der Waals surface area (Å²) in [6, 6.07) is 0. The van der Waals surface area contributed by atoms with Crippen molar-refractivity contribution in [1.29, 1.82) is 0 Å². The van der Waals surface area contributed by atoms with Crippen molar-refractivity contribution in [3.8, 4) is 0 Å². The van der Waals surface area contributed by atoms with Gasteiger partial charge in [0.25, 0.3) is 0 Å². The predicted molar refractivity (Wildman–Crippen MR) is 56.3 cm³/mol. The Kier molecular flexibility index (Phi) is 5.98. The molecule has 3 atom stereocenters. The molecule has 0 aromatic rings. The number of hydrogen-bond acceptors (Lipinski definition) is 4. The van der Waals surface area contributed by atoms with Crippen LogP contribution in [0.4, 0.5) is 0 Å². The van der Waals surface area contributed by atoms with Crippen molar-refractivity contribution in [2.45, 2.75) is 50.9 Å². The second-order valence-electron chi connectivity index (χ2n) is 5.12. The Balaban J connectivity index is 0.00000225. The van der Waals surface area contributed by atoms with E-state index in [1.165, 1.54) is 6.92 Å². The fourth-order valence-electron chi connectivity index (χ4n) is 2.32. The molecule has 1 fully saturated rings. The molecule has 90 valence electrons. The summed E-state index contributed by atoms with van der Waals surface area (Å²) in [5, 5.41) is 8.74. The first-order valence-corrected chi connectivity index (χ1v) is 6.79. The van der Waals surface area contributed by atoms with Crippen molar-refractivity contribution < 1.29 is 47.6 Å². The molecule has 1 aliphatic carbocycles.